The van der Waals surface area contributed by atoms with Crippen molar-refractivity contribution in [1.82, 2.24) is 4.13 Å². The van der Waals surface area contributed by atoms with Gasteiger partial charge in [0, 0.05) is 12.9 Å². The van der Waals surface area contributed by atoms with Crippen LogP contribution in [0.25, 0.3) is 0 Å². The first-order valence-electron chi connectivity index (χ1n) is 3.77. The molecule has 0 spiro atoms. The molecule has 104 valence electrons. The van der Waals surface area contributed by atoms with E-state index in [-0.39, 0.29) is 0 Å². The third-order valence-electron chi connectivity index (χ3n) is 1.14. The van der Waals surface area contributed by atoms with E-state index in [0.717, 1.165) is 7.11 Å². The fraction of sp³-hybridized carbons (Fsp3) is 1.00. The Hall–Kier alpha value is -0.180. The van der Waals surface area contributed by atoms with Crippen molar-refractivity contribution in [3.05, 3.63) is 0 Å². The van der Waals surface area contributed by atoms with Crippen LogP contribution < -0.4 is 4.13 Å². The fourth-order valence-electron chi connectivity index (χ4n) is 0.762. The Morgan fingerprint density at radius 1 is 1.41 bits per heavy atom. The Morgan fingerprint density at radius 2 is 1.94 bits per heavy atom. The summed E-state index contributed by atoms with van der Waals surface area (Å²) < 4.78 is 83.6. The Kier molecular flexibility index (Phi) is 6.60. The predicted octanol–water partition coefficient (Wildman–Crippen LogP) is -2.05. The first-order chi connectivity index (χ1) is 7.56. The van der Waals surface area contributed by atoms with Crippen LogP contribution in [0.4, 0.5) is 3.89 Å². The molecule has 0 aromatic heterocycles. The summed E-state index contributed by atoms with van der Waals surface area (Å²) in [5.74, 6) is -0.763. The van der Waals surface area contributed by atoms with E-state index < -0.39 is 50.3 Å². The highest BCUT2D eigenvalue weighted by atomic mass is 32.3. The first kappa shape index (κ1) is 16.8. The van der Waals surface area contributed by atoms with E-state index in [0.29, 0.717) is 4.13 Å². The first-order valence-corrected chi connectivity index (χ1v) is 7.80. The van der Waals surface area contributed by atoms with Gasteiger partial charge in [0.25, 0.3) is 0 Å². The maximum absolute atomic E-state index is 12.0. The summed E-state index contributed by atoms with van der Waals surface area (Å²) in [4.78, 5) is 0. The van der Waals surface area contributed by atoms with Gasteiger partial charge in [-0.05, 0) is 0 Å². The lowest BCUT2D eigenvalue weighted by atomic mass is 10.4. The van der Waals surface area contributed by atoms with Gasteiger partial charge in [0.15, 0.2) is 0 Å². The minimum Gasteiger partial charge on any atom is -0.772 e. The number of hydrogen-bond donors (Lipinski definition) is 1. The van der Waals surface area contributed by atoms with Crippen molar-refractivity contribution in [3.63, 3.8) is 0 Å². The van der Waals surface area contributed by atoms with Crippen LogP contribution in [0.2, 0.25) is 0 Å². The second-order valence-corrected chi connectivity index (χ2v) is 6.20. The summed E-state index contributed by atoms with van der Waals surface area (Å²) in [5, 5.41) is 0. The summed E-state index contributed by atoms with van der Waals surface area (Å²) in [5.41, 5.74) is 0. The van der Waals surface area contributed by atoms with Crippen LogP contribution in [-0.2, 0) is 40.7 Å². The summed E-state index contributed by atoms with van der Waals surface area (Å²) in [6.45, 7) is -0.443. The fourth-order valence-corrected chi connectivity index (χ4v) is 2.93. The Morgan fingerprint density at radius 3 is 2.29 bits per heavy atom. The van der Waals surface area contributed by atoms with Crippen molar-refractivity contribution in [1.29, 1.82) is 0 Å². The predicted molar refractivity (Wildman–Crippen MR) is 52.6 cm³/mol. The van der Waals surface area contributed by atoms with Gasteiger partial charge in [-0.2, -0.15) is 16.8 Å². The molecule has 0 bridgehead atoms. The van der Waals surface area contributed by atoms with Crippen LogP contribution in [0.3, 0.4) is 0 Å². The maximum atomic E-state index is 12.0. The summed E-state index contributed by atoms with van der Waals surface area (Å²) in [6.07, 6.45) is -1.49. The minimum atomic E-state index is -5.53. The SMILES string of the molecule is COCC(CS(=O)[O-])OS(=O)(=O)NS(=O)(=O)F. The topological polar surface area (TPSA) is 139 Å². The van der Waals surface area contributed by atoms with Gasteiger partial charge in [-0.15, -0.1) is 0 Å². The zero-order valence-corrected chi connectivity index (χ0v) is 10.8. The average Bonchev–Trinajstić information content (AvgIpc) is 1.95. The number of halogens is 1. The molecule has 0 aromatic carbocycles. The second kappa shape index (κ2) is 6.67. The highest BCUT2D eigenvalue weighted by Gasteiger charge is 2.25. The zero-order chi connectivity index (χ0) is 13.7. The molecule has 0 aliphatic heterocycles. The lowest BCUT2D eigenvalue weighted by Crippen LogP contribution is -2.36. The Bertz CT molecular complexity index is 457. The number of hydrogen-bond acceptors (Lipinski definition) is 8. The normalized spacial score (nSPS) is 16.6. The third-order valence-corrected chi connectivity index (χ3v) is 3.92. The van der Waals surface area contributed by atoms with Crippen molar-refractivity contribution in [2.45, 2.75) is 6.10 Å². The molecule has 0 amide bonds. The van der Waals surface area contributed by atoms with Crippen LogP contribution in [0.1, 0.15) is 0 Å². The average molecular weight is 314 g/mol. The molecule has 9 nitrogen and oxygen atoms in total. The van der Waals surface area contributed by atoms with Crippen LogP contribution in [-0.4, -0.2) is 51.2 Å². The lowest BCUT2D eigenvalue weighted by Gasteiger charge is -2.17. The monoisotopic (exact) mass is 314 g/mol. The quantitative estimate of drug-likeness (QED) is 0.399. The molecule has 0 saturated heterocycles. The van der Waals surface area contributed by atoms with Crippen LogP contribution in [0.5, 0.6) is 0 Å². The maximum Gasteiger partial charge on any atom is 0.387 e. The molecule has 0 radical (unpaired) electrons. The molecular weight excluding hydrogens is 305 g/mol. The number of methoxy groups -OCH3 is 1. The molecule has 0 aliphatic carbocycles. The van der Waals surface area contributed by atoms with Gasteiger partial charge in [-0.3, -0.25) is 8.39 Å². The van der Waals surface area contributed by atoms with Gasteiger partial charge in [0.05, 0.1) is 6.61 Å². The van der Waals surface area contributed by atoms with E-state index in [2.05, 4.69) is 8.92 Å². The Labute approximate surface area is 100 Å². The van der Waals surface area contributed by atoms with E-state index >= 15 is 0 Å². The van der Waals surface area contributed by atoms with Gasteiger partial charge < -0.3 is 9.29 Å². The molecule has 0 aliphatic rings. The molecule has 0 saturated carbocycles. The number of nitrogens with one attached hydrogen (secondary N) is 1. The van der Waals surface area contributed by atoms with Crippen LogP contribution in [0, 0.1) is 0 Å². The van der Waals surface area contributed by atoms with Crippen LogP contribution in [0.15, 0.2) is 0 Å². The van der Waals surface area contributed by atoms with E-state index in [1.54, 1.807) is 0 Å². The van der Waals surface area contributed by atoms with Gasteiger partial charge in [-0.25, -0.2) is 0 Å². The Balaban J connectivity index is 4.69. The van der Waals surface area contributed by atoms with E-state index in [1.165, 1.54) is 0 Å². The third kappa shape index (κ3) is 9.51. The summed E-state index contributed by atoms with van der Waals surface area (Å²) in [6, 6.07) is 0. The molecule has 0 aromatic rings. The summed E-state index contributed by atoms with van der Waals surface area (Å²) in [7, 11) is -9.37. The molecule has 17 heavy (non-hydrogen) atoms. The lowest BCUT2D eigenvalue weighted by molar-refractivity contribution is 0.0970. The highest BCUT2D eigenvalue weighted by Crippen LogP contribution is 2.02. The molecular formula is C4H9FNO8S3-. The molecule has 2 unspecified atom stereocenters. The molecule has 2 atom stereocenters. The van der Waals surface area contributed by atoms with E-state index in [9.17, 15) is 29.5 Å². The number of rotatable bonds is 8. The highest BCUT2D eigenvalue weighted by molar-refractivity contribution is 8.00. The molecule has 0 heterocycles. The van der Waals surface area contributed by atoms with Crippen LogP contribution >= 0.6 is 0 Å². The largest absolute Gasteiger partial charge is 0.772 e. The van der Waals surface area contributed by atoms with Gasteiger partial charge >= 0.3 is 20.7 Å². The molecule has 1 N–H and O–H groups in total. The molecule has 13 heteroatoms. The molecule has 0 rings (SSSR count). The number of ether oxygens (including phenoxy) is 1. The van der Waals surface area contributed by atoms with Gasteiger partial charge in [0.2, 0.25) is 0 Å². The van der Waals surface area contributed by atoms with E-state index in [4.69, 9.17) is 0 Å². The van der Waals surface area contributed by atoms with Crippen molar-refractivity contribution in [3.8, 4) is 0 Å². The van der Waals surface area contributed by atoms with Crippen molar-refractivity contribution in [2.75, 3.05) is 19.5 Å². The summed E-state index contributed by atoms with van der Waals surface area (Å²) >= 11 is -2.65. The van der Waals surface area contributed by atoms with Crippen molar-refractivity contribution < 1.29 is 38.4 Å². The van der Waals surface area contributed by atoms with Crippen molar-refractivity contribution >= 4 is 31.8 Å². The van der Waals surface area contributed by atoms with Gasteiger partial charge in [-0.1, -0.05) is 19.1 Å². The second-order valence-electron chi connectivity index (χ2n) is 2.62. The van der Waals surface area contributed by atoms with Crippen molar-refractivity contribution in [2.24, 2.45) is 0 Å². The van der Waals surface area contributed by atoms with E-state index in [1.807, 2.05) is 0 Å². The minimum absolute atomic E-state index is 0.443. The van der Waals surface area contributed by atoms with Gasteiger partial charge in [0.1, 0.15) is 6.10 Å². The smallest absolute Gasteiger partial charge is 0.387 e. The standard InChI is InChI=1S/C4H10FNO8S3/c1-13-2-4(3-15(7)8)14-17(11,12)6-16(5,9)10/h4,6H,2-3H2,1H3,(H,7,8)/p-1. The molecule has 0 fully saturated rings. The zero-order valence-electron chi connectivity index (χ0n) is 8.36.